The van der Waals surface area contributed by atoms with Gasteiger partial charge < -0.3 is 16.0 Å². The Bertz CT molecular complexity index is 1070. The maximum Gasteiger partial charge on any atom is 0.164 e. The van der Waals surface area contributed by atoms with Crippen LogP contribution in [0.1, 0.15) is 41.6 Å². The Kier molecular flexibility index (Phi) is 6.99. The fourth-order valence-electron chi connectivity index (χ4n) is 4.04. The molecule has 1 aliphatic rings. The van der Waals surface area contributed by atoms with Gasteiger partial charge >= 0.3 is 0 Å². The number of likely N-dealkylation sites (tertiary alicyclic amines) is 1. The number of halogens is 1. The van der Waals surface area contributed by atoms with Crippen molar-refractivity contribution in [3.8, 4) is 0 Å². The maximum absolute atomic E-state index is 12.7. The number of aryl methyl sites for hydroxylation is 1. The molecule has 1 aliphatic heterocycles. The molecule has 0 aliphatic carbocycles. The summed E-state index contributed by atoms with van der Waals surface area (Å²) in [4.78, 5) is 23.6. The quantitative estimate of drug-likeness (QED) is 0.502. The van der Waals surface area contributed by atoms with Crippen LogP contribution in [0, 0.1) is 0 Å². The number of carbonyl (C=O) groups excluding carboxylic acids is 1. The summed E-state index contributed by atoms with van der Waals surface area (Å²) in [5.41, 5.74) is 7.53. The lowest BCUT2D eigenvalue weighted by Crippen LogP contribution is -2.33. The molecule has 4 rings (SSSR count). The zero-order chi connectivity index (χ0) is 21.6. The molecule has 7 heteroatoms. The molecule has 3 aromatic rings. The van der Waals surface area contributed by atoms with Crippen molar-refractivity contribution in [1.29, 1.82) is 0 Å². The van der Waals surface area contributed by atoms with Crippen molar-refractivity contribution in [3.63, 3.8) is 0 Å². The number of Topliss-reactive ketones (excluding diaryl/α,β-unsaturated/α-hetero) is 1. The average molecular weight is 438 g/mol. The molecule has 1 saturated heterocycles. The number of fused-ring (bicyclic) bond motifs is 1. The predicted molar refractivity (Wildman–Crippen MR) is 127 cm³/mol. The lowest BCUT2D eigenvalue weighted by atomic mass is 10.0. The van der Waals surface area contributed by atoms with Gasteiger partial charge in [0.1, 0.15) is 11.6 Å². The summed E-state index contributed by atoms with van der Waals surface area (Å²) in [5.74, 6) is 1.19. The lowest BCUT2D eigenvalue weighted by Gasteiger charge is -2.26. The molecule has 31 heavy (non-hydrogen) atoms. The number of nitrogen functional groups attached to an aromatic ring is 1. The van der Waals surface area contributed by atoms with Gasteiger partial charge in [-0.1, -0.05) is 36.2 Å². The predicted octanol–water partition coefficient (Wildman–Crippen LogP) is 4.58. The topological polar surface area (TPSA) is 84.1 Å². The molecular weight excluding hydrogens is 410 g/mol. The number of rotatable bonds is 8. The van der Waals surface area contributed by atoms with Gasteiger partial charge in [-0.3, -0.25) is 4.79 Å². The third-order valence-electron chi connectivity index (χ3n) is 5.83. The van der Waals surface area contributed by atoms with Gasteiger partial charge in [-0.05, 0) is 55.4 Å². The van der Waals surface area contributed by atoms with E-state index < -0.39 is 0 Å². The van der Waals surface area contributed by atoms with Gasteiger partial charge in [0.2, 0.25) is 0 Å². The normalized spacial score (nSPS) is 14.6. The van der Waals surface area contributed by atoms with E-state index in [4.69, 9.17) is 17.3 Å². The van der Waals surface area contributed by atoms with Gasteiger partial charge in [0.15, 0.2) is 5.78 Å². The van der Waals surface area contributed by atoms with E-state index in [0.29, 0.717) is 35.1 Å². The number of ketones is 1. The summed E-state index contributed by atoms with van der Waals surface area (Å²) in [6.07, 6.45) is 8.24. The zero-order valence-electron chi connectivity index (χ0n) is 17.6. The number of benzene rings is 1. The first-order chi connectivity index (χ1) is 15.1. The van der Waals surface area contributed by atoms with E-state index in [1.807, 2.05) is 18.2 Å². The van der Waals surface area contributed by atoms with Crippen molar-refractivity contribution in [2.24, 2.45) is 0 Å². The number of hydrogen-bond acceptors (Lipinski definition) is 6. The number of hydrogen-bond donors (Lipinski definition) is 2. The van der Waals surface area contributed by atoms with Gasteiger partial charge in [0.05, 0.1) is 5.02 Å². The van der Waals surface area contributed by atoms with Gasteiger partial charge in [-0.25, -0.2) is 9.97 Å². The van der Waals surface area contributed by atoms with E-state index in [1.54, 1.807) is 18.5 Å². The number of pyridine rings is 2. The number of anilines is 2. The largest absolute Gasteiger partial charge is 0.383 e. The van der Waals surface area contributed by atoms with Gasteiger partial charge in [-0.15, -0.1) is 0 Å². The summed E-state index contributed by atoms with van der Waals surface area (Å²) in [6, 6.07) is 9.65. The molecule has 3 N–H and O–H groups in total. The van der Waals surface area contributed by atoms with E-state index >= 15 is 0 Å². The van der Waals surface area contributed by atoms with Crippen LogP contribution in [0.5, 0.6) is 0 Å². The second-order valence-corrected chi connectivity index (χ2v) is 8.47. The highest BCUT2D eigenvalue weighted by atomic mass is 35.5. The molecule has 0 bridgehead atoms. The number of piperidine rings is 1. The standard InChI is InChI=1S/C24H28ClN5O/c25-21-15-19(16-29-24(21)28-10-13-30-11-2-1-3-12-30)22(31)7-5-17-4-6-20-18(14-17)8-9-27-23(20)26/h4,6,8-9,14-16H,1-3,5,7,10-13H2,(H2,26,27)(H,28,29). The van der Waals surface area contributed by atoms with Crippen LogP contribution in [-0.2, 0) is 6.42 Å². The van der Waals surface area contributed by atoms with Gasteiger partial charge in [0, 0.05) is 42.9 Å². The van der Waals surface area contributed by atoms with Crippen LogP contribution in [0.4, 0.5) is 11.6 Å². The fourth-order valence-corrected chi connectivity index (χ4v) is 4.28. The molecule has 162 valence electrons. The monoisotopic (exact) mass is 437 g/mol. The van der Waals surface area contributed by atoms with Crippen LogP contribution >= 0.6 is 11.6 Å². The number of nitrogens with zero attached hydrogens (tertiary/aromatic N) is 3. The summed E-state index contributed by atoms with van der Waals surface area (Å²) in [6.45, 7) is 4.10. The van der Waals surface area contributed by atoms with Crippen LogP contribution in [-0.4, -0.2) is 46.8 Å². The Morgan fingerprint density at radius 1 is 1.13 bits per heavy atom. The van der Waals surface area contributed by atoms with E-state index in [1.165, 1.54) is 19.3 Å². The zero-order valence-corrected chi connectivity index (χ0v) is 18.4. The number of carbonyl (C=O) groups is 1. The summed E-state index contributed by atoms with van der Waals surface area (Å²) >= 11 is 6.38. The Morgan fingerprint density at radius 2 is 1.97 bits per heavy atom. The highest BCUT2D eigenvalue weighted by Crippen LogP contribution is 2.23. The summed E-state index contributed by atoms with van der Waals surface area (Å²) < 4.78 is 0. The molecule has 0 amide bonds. The Labute approximate surface area is 187 Å². The molecule has 0 saturated carbocycles. The third-order valence-corrected chi connectivity index (χ3v) is 6.12. The Morgan fingerprint density at radius 3 is 2.77 bits per heavy atom. The maximum atomic E-state index is 12.7. The number of aromatic nitrogens is 2. The average Bonchev–Trinajstić information content (AvgIpc) is 2.79. The fraction of sp³-hybridized carbons (Fsp3) is 0.375. The van der Waals surface area contributed by atoms with Crippen LogP contribution < -0.4 is 11.1 Å². The van der Waals surface area contributed by atoms with E-state index in [0.717, 1.165) is 42.5 Å². The Hall–Kier alpha value is -2.70. The second-order valence-electron chi connectivity index (χ2n) is 8.06. The minimum absolute atomic E-state index is 0.0311. The molecule has 2 aromatic heterocycles. The molecule has 6 nitrogen and oxygen atoms in total. The van der Waals surface area contributed by atoms with E-state index in [-0.39, 0.29) is 5.78 Å². The molecule has 1 aromatic carbocycles. The highest BCUT2D eigenvalue weighted by molar-refractivity contribution is 6.33. The molecule has 1 fully saturated rings. The highest BCUT2D eigenvalue weighted by Gasteiger charge is 2.12. The van der Waals surface area contributed by atoms with E-state index in [9.17, 15) is 4.79 Å². The van der Waals surface area contributed by atoms with Crippen LogP contribution in [0.2, 0.25) is 5.02 Å². The van der Waals surface area contributed by atoms with Crippen molar-refractivity contribution in [3.05, 3.63) is 58.9 Å². The first kappa shape index (κ1) is 21.5. The third kappa shape index (κ3) is 5.51. The van der Waals surface area contributed by atoms with Crippen LogP contribution in [0.3, 0.4) is 0 Å². The minimum Gasteiger partial charge on any atom is -0.383 e. The van der Waals surface area contributed by atoms with Gasteiger partial charge in [-0.2, -0.15) is 0 Å². The number of nitrogens with two attached hydrogens (primary N) is 1. The van der Waals surface area contributed by atoms with Crippen molar-refractivity contribution in [2.75, 3.05) is 37.2 Å². The lowest BCUT2D eigenvalue weighted by molar-refractivity contribution is 0.0982. The molecule has 0 radical (unpaired) electrons. The minimum atomic E-state index is 0.0311. The molecule has 3 heterocycles. The van der Waals surface area contributed by atoms with Crippen LogP contribution in [0.25, 0.3) is 10.8 Å². The van der Waals surface area contributed by atoms with Gasteiger partial charge in [0.25, 0.3) is 0 Å². The van der Waals surface area contributed by atoms with Crippen molar-refractivity contribution in [1.82, 2.24) is 14.9 Å². The number of nitrogens with one attached hydrogen (secondary N) is 1. The molecule has 0 unspecified atom stereocenters. The molecular formula is C24H28ClN5O. The Balaban J connectivity index is 1.31. The van der Waals surface area contributed by atoms with Crippen molar-refractivity contribution >= 4 is 39.8 Å². The van der Waals surface area contributed by atoms with E-state index in [2.05, 4.69) is 26.3 Å². The van der Waals surface area contributed by atoms with Crippen molar-refractivity contribution in [2.45, 2.75) is 32.1 Å². The molecule has 0 spiro atoms. The smallest absolute Gasteiger partial charge is 0.164 e. The molecule has 0 atom stereocenters. The van der Waals surface area contributed by atoms with Crippen LogP contribution in [0.15, 0.2) is 42.7 Å². The SMILES string of the molecule is Nc1nccc2cc(CCC(=O)c3cnc(NCCN4CCCCC4)c(Cl)c3)ccc12. The summed E-state index contributed by atoms with van der Waals surface area (Å²) in [5, 5.41) is 5.74. The summed E-state index contributed by atoms with van der Waals surface area (Å²) in [7, 11) is 0. The first-order valence-corrected chi connectivity index (χ1v) is 11.3. The first-order valence-electron chi connectivity index (χ1n) is 10.9. The van der Waals surface area contributed by atoms with Crippen molar-refractivity contribution < 1.29 is 4.79 Å². The second kappa shape index (κ2) is 10.1.